The highest BCUT2D eigenvalue weighted by atomic mass is 16.6. The molecule has 3 rings (SSSR count). The van der Waals surface area contributed by atoms with E-state index in [1.807, 2.05) is 17.0 Å². The predicted octanol–water partition coefficient (Wildman–Crippen LogP) is 3.00. The molecule has 28 heavy (non-hydrogen) atoms. The lowest BCUT2D eigenvalue weighted by molar-refractivity contribution is -0.132. The van der Waals surface area contributed by atoms with Gasteiger partial charge in [0.2, 0.25) is 5.91 Å². The van der Waals surface area contributed by atoms with E-state index in [1.165, 1.54) is 0 Å². The second-order valence-electron chi connectivity index (χ2n) is 7.65. The van der Waals surface area contributed by atoms with Gasteiger partial charge in [0, 0.05) is 24.6 Å². The molecule has 0 aliphatic carbocycles. The maximum absolute atomic E-state index is 12.9. The summed E-state index contributed by atoms with van der Waals surface area (Å²) in [5.74, 6) is 1.75. The van der Waals surface area contributed by atoms with E-state index in [-0.39, 0.29) is 17.6 Å². The zero-order valence-corrected chi connectivity index (χ0v) is 17.1. The van der Waals surface area contributed by atoms with Crippen molar-refractivity contribution in [2.45, 2.75) is 39.5 Å². The van der Waals surface area contributed by atoms with Crippen molar-refractivity contribution in [3.05, 3.63) is 23.8 Å². The van der Waals surface area contributed by atoms with E-state index in [4.69, 9.17) is 9.47 Å². The van der Waals surface area contributed by atoms with Gasteiger partial charge >= 0.3 is 0 Å². The highest BCUT2D eigenvalue weighted by molar-refractivity contribution is 5.98. The molecule has 0 aromatic heterocycles. The van der Waals surface area contributed by atoms with E-state index < -0.39 is 0 Å². The third-order valence-electron chi connectivity index (χ3n) is 5.48. The monoisotopic (exact) mass is 388 g/mol. The standard InChI is InChI=1S/C22H32N2O4/c1-3-9-24(10-4-2)21(25)16-23-11-7-17(8-12-23)22(26)18-5-6-19-20(15-18)28-14-13-27-19/h5-6,15,17H,3-4,7-14,16H2,1-2H3. The Morgan fingerprint density at radius 1 is 1.04 bits per heavy atom. The molecule has 0 atom stereocenters. The van der Waals surface area contributed by atoms with Crippen LogP contribution in [0.4, 0.5) is 0 Å². The summed E-state index contributed by atoms with van der Waals surface area (Å²) in [6.45, 7) is 8.96. The first kappa shape index (κ1) is 20.6. The Labute approximate surface area is 167 Å². The van der Waals surface area contributed by atoms with Crippen molar-refractivity contribution in [3.8, 4) is 11.5 Å². The highest BCUT2D eigenvalue weighted by Crippen LogP contribution is 2.32. The normalized spacial score (nSPS) is 17.4. The first-order chi connectivity index (χ1) is 13.6. The maximum Gasteiger partial charge on any atom is 0.236 e. The number of nitrogens with zero attached hydrogens (tertiary/aromatic N) is 2. The van der Waals surface area contributed by atoms with Crippen molar-refractivity contribution in [2.75, 3.05) is 45.9 Å². The van der Waals surface area contributed by atoms with Crippen molar-refractivity contribution < 1.29 is 19.1 Å². The molecule has 2 aliphatic rings. The summed E-state index contributed by atoms with van der Waals surface area (Å²) in [4.78, 5) is 29.6. The summed E-state index contributed by atoms with van der Waals surface area (Å²) >= 11 is 0. The minimum Gasteiger partial charge on any atom is -0.486 e. The molecule has 1 fully saturated rings. The Morgan fingerprint density at radius 2 is 1.68 bits per heavy atom. The van der Waals surface area contributed by atoms with E-state index in [0.717, 1.165) is 51.9 Å². The van der Waals surface area contributed by atoms with Crippen LogP contribution in [0.2, 0.25) is 0 Å². The summed E-state index contributed by atoms with van der Waals surface area (Å²) < 4.78 is 11.1. The number of ketones is 1. The number of fused-ring (bicyclic) bond motifs is 1. The zero-order valence-electron chi connectivity index (χ0n) is 17.1. The van der Waals surface area contributed by atoms with Gasteiger partial charge in [0.1, 0.15) is 13.2 Å². The predicted molar refractivity (Wildman–Crippen MR) is 108 cm³/mol. The summed E-state index contributed by atoms with van der Waals surface area (Å²) in [6.07, 6.45) is 3.56. The molecular formula is C22H32N2O4. The number of benzene rings is 1. The van der Waals surface area contributed by atoms with Gasteiger partial charge in [0.15, 0.2) is 17.3 Å². The van der Waals surface area contributed by atoms with Crippen molar-refractivity contribution in [2.24, 2.45) is 5.92 Å². The van der Waals surface area contributed by atoms with Gasteiger partial charge in [-0.1, -0.05) is 13.8 Å². The minimum atomic E-state index is 0.0105. The number of likely N-dealkylation sites (tertiary alicyclic amines) is 1. The zero-order chi connectivity index (χ0) is 19.9. The SMILES string of the molecule is CCCN(CCC)C(=O)CN1CCC(C(=O)c2ccc3c(c2)OCCO3)CC1. The Balaban J connectivity index is 1.52. The molecule has 6 heteroatoms. The number of Topliss-reactive ketones (excluding diaryl/α,β-unsaturated/α-hetero) is 1. The lowest BCUT2D eigenvalue weighted by atomic mass is 9.88. The average Bonchev–Trinajstić information content (AvgIpc) is 2.73. The van der Waals surface area contributed by atoms with E-state index >= 15 is 0 Å². The van der Waals surface area contributed by atoms with Crippen molar-refractivity contribution >= 4 is 11.7 Å². The molecule has 0 spiro atoms. The van der Waals surface area contributed by atoms with Gasteiger partial charge in [0.25, 0.3) is 0 Å². The van der Waals surface area contributed by atoms with Crippen LogP contribution in [0.5, 0.6) is 11.5 Å². The molecule has 0 bridgehead atoms. The summed E-state index contributed by atoms with van der Waals surface area (Å²) in [7, 11) is 0. The highest BCUT2D eigenvalue weighted by Gasteiger charge is 2.28. The Bertz CT molecular complexity index is 677. The first-order valence-corrected chi connectivity index (χ1v) is 10.6. The third-order valence-corrected chi connectivity index (χ3v) is 5.48. The van der Waals surface area contributed by atoms with E-state index in [1.54, 1.807) is 6.07 Å². The van der Waals surface area contributed by atoms with Crippen LogP contribution in [0.3, 0.4) is 0 Å². The number of hydrogen-bond donors (Lipinski definition) is 0. The van der Waals surface area contributed by atoms with Gasteiger partial charge in [-0.05, 0) is 57.0 Å². The van der Waals surface area contributed by atoms with Crippen molar-refractivity contribution in [1.82, 2.24) is 9.80 Å². The van der Waals surface area contributed by atoms with Crippen LogP contribution in [-0.2, 0) is 4.79 Å². The molecule has 0 N–H and O–H groups in total. The number of carbonyl (C=O) groups excluding carboxylic acids is 2. The van der Waals surface area contributed by atoms with Gasteiger partial charge in [-0.2, -0.15) is 0 Å². The summed E-state index contributed by atoms with van der Waals surface area (Å²) in [5, 5.41) is 0. The molecule has 0 unspecified atom stereocenters. The third kappa shape index (κ3) is 5.04. The fraction of sp³-hybridized carbons (Fsp3) is 0.636. The first-order valence-electron chi connectivity index (χ1n) is 10.6. The van der Waals surface area contributed by atoms with Crippen molar-refractivity contribution in [1.29, 1.82) is 0 Å². The molecule has 2 aliphatic heterocycles. The number of hydrogen-bond acceptors (Lipinski definition) is 5. The largest absolute Gasteiger partial charge is 0.486 e. The minimum absolute atomic E-state index is 0.0105. The quantitative estimate of drug-likeness (QED) is 0.641. The Morgan fingerprint density at radius 3 is 2.32 bits per heavy atom. The van der Waals surface area contributed by atoms with E-state index in [2.05, 4.69) is 18.7 Å². The van der Waals surface area contributed by atoms with Crippen LogP contribution in [-0.4, -0.2) is 67.4 Å². The second kappa shape index (κ2) is 9.92. The van der Waals surface area contributed by atoms with Gasteiger partial charge < -0.3 is 14.4 Å². The van der Waals surface area contributed by atoms with Crippen LogP contribution in [0.1, 0.15) is 49.9 Å². The molecular weight excluding hydrogens is 356 g/mol. The van der Waals surface area contributed by atoms with Crippen LogP contribution in [0, 0.1) is 5.92 Å². The maximum atomic E-state index is 12.9. The van der Waals surface area contributed by atoms with E-state index in [0.29, 0.717) is 36.8 Å². The van der Waals surface area contributed by atoms with Crippen LogP contribution < -0.4 is 9.47 Å². The molecule has 1 saturated heterocycles. The summed E-state index contributed by atoms with van der Waals surface area (Å²) in [6, 6.07) is 5.46. The number of amides is 1. The molecule has 6 nitrogen and oxygen atoms in total. The topological polar surface area (TPSA) is 59.1 Å². The van der Waals surface area contributed by atoms with Gasteiger partial charge in [-0.15, -0.1) is 0 Å². The van der Waals surface area contributed by atoms with Crippen LogP contribution >= 0.6 is 0 Å². The lowest BCUT2D eigenvalue weighted by Crippen LogP contribution is -2.44. The molecule has 0 radical (unpaired) electrons. The molecule has 0 saturated carbocycles. The molecule has 1 aromatic rings. The smallest absolute Gasteiger partial charge is 0.236 e. The lowest BCUT2D eigenvalue weighted by Gasteiger charge is -2.32. The average molecular weight is 389 g/mol. The fourth-order valence-electron chi connectivity index (χ4n) is 3.98. The van der Waals surface area contributed by atoms with Crippen LogP contribution in [0.25, 0.3) is 0 Å². The molecule has 2 heterocycles. The van der Waals surface area contributed by atoms with Gasteiger partial charge in [-0.25, -0.2) is 0 Å². The molecule has 1 amide bonds. The van der Waals surface area contributed by atoms with Gasteiger partial charge in [0.05, 0.1) is 6.54 Å². The van der Waals surface area contributed by atoms with Crippen molar-refractivity contribution in [3.63, 3.8) is 0 Å². The Kier molecular flexibility index (Phi) is 7.31. The number of piperidine rings is 1. The Hall–Kier alpha value is -2.08. The second-order valence-corrected chi connectivity index (χ2v) is 7.65. The van der Waals surface area contributed by atoms with Gasteiger partial charge in [-0.3, -0.25) is 14.5 Å². The number of ether oxygens (including phenoxy) is 2. The number of carbonyl (C=O) groups is 2. The van der Waals surface area contributed by atoms with Crippen LogP contribution in [0.15, 0.2) is 18.2 Å². The molecule has 154 valence electrons. The fourth-order valence-corrected chi connectivity index (χ4v) is 3.98. The summed E-state index contributed by atoms with van der Waals surface area (Å²) in [5.41, 5.74) is 0.691. The van der Waals surface area contributed by atoms with E-state index in [9.17, 15) is 9.59 Å². The molecule has 1 aromatic carbocycles. The number of rotatable bonds is 8.